The summed E-state index contributed by atoms with van der Waals surface area (Å²) in [5.74, 6) is 0.0607. The fraction of sp³-hybridized carbons (Fsp3) is 0.538. The Hall–Kier alpha value is -1.78. The minimum atomic E-state index is -0.0680. The third kappa shape index (κ3) is 2.91. The van der Waals surface area contributed by atoms with Crippen LogP contribution in [0.4, 0.5) is 0 Å². The molecule has 0 aromatic carbocycles. The van der Waals surface area contributed by atoms with Gasteiger partial charge in [-0.25, -0.2) is 9.97 Å². The SMILES string of the molecule is CC(=O)CC1CCCCN1C(=O)c1cncnc1. The molecular weight excluding hydrogens is 230 g/mol. The number of hydrogen-bond acceptors (Lipinski definition) is 4. The zero-order valence-corrected chi connectivity index (χ0v) is 10.5. The Morgan fingerprint density at radius 3 is 2.72 bits per heavy atom. The number of piperidine rings is 1. The monoisotopic (exact) mass is 247 g/mol. The predicted molar refractivity (Wildman–Crippen MR) is 66.0 cm³/mol. The van der Waals surface area contributed by atoms with Crippen LogP contribution in [0.1, 0.15) is 43.0 Å². The van der Waals surface area contributed by atoms with E-state index in [9.17, 15) is 9.59 Å². The Morgan fingerprint density at radius 1 is 1.33 bits per heavy atom. The van der Waals surface area contributed by atoms with Gasteiger partial charge in [-0.1, -0.05) is 0 Å². The molecule has 5 nitrogen and oxygen atoms in total. The van der Waals surface area contributed by atoms with Gasteiger partial charge in [-0.3, -0.25) is 9.59 Å². The Kier molecular flexibility index (Phi) is 4.02. The van der Waals surface area contributed by atoms with Gasteiger partial charge in [0.2, 0.25) is 0 Å². The molecule has 96 valence electrons. The average Bonchev–Trinajstić information content (AvgIpc) is 2.39. The van der Waals surface area contributed by atoms with Crippen LogP contribution in [0, 0.1) is 0 Å². The van der Waals surface area contributed by atoms with E-state index < -0.39 is 0 Å². The molecule has 18 heavy (non-hydrogen) atoms. The second kappa shape index (κ2) is 5.71. The Morgan fingerprint density at radius 2 is 2.06 bits per heavy atom. The molecular formula is C13H17N3O2. The number of likely N-dealkylation sites (tertiary alicyclic amines) is 1. The molecule has 1 saturated heterocycles. The van der Waals surface area contributed by atoms with E-state index in [0.717, 1.165) is 19.3 Å². The van der Waals surface area contributed by atoms with E-state index >= 15 is 0 Å². The number of carbonyl (C=O) groups is 2. The predicted octanol–water partition coefficient (Wildman–Crippen LogP) is 1.45. The number of hydrogen-bond donors (Lipinski definition) is 0. The van der Waals surface area contributed by atoms with Crippen molar-refractivity contribution in [3.8, 4) is 0 Å². The number of carbonyl (C=O) groups excluding carboxylic acids is 2. The summed E-state index contributed by atoms with van der Waals surface area (Å²) in [7, 11) is 0. The van der Waals surface area contributed by atoms with Gasteiger partial charge in [-0.05, 0) is 26.2 Å². The maximum Gasteiger partial charge on any atom is 0.257 e. The second-order valence-corrected chi connectivity index (χ2v) is 4.68. The molecule has 1 atom stereocenters. The Labute approximate surface area is 106 Å². The fourth-order valence-corrected chi connectivity index (χ4v) is 2.39. The first-order chi connectivity index (χ1) is 8.68. The molecule has 2 rings (SSSR count). The van der Waals surface area contributed by atoms with Crippen molar-refractivity contribution in [3.63, 3.8) is 0 Å². The van der Waals surface area contributed by atoms with E-state index in [4.69, 9.17) is 0 Å². The van der Waals surface area contributed by atoms with Crippen molar-refractivity contribution in [3.05, 3.63) is 24.3 Å². The molecule has 1 aromatic rings. The fourth-order valence-electron chi connectivity index (χ4n) is 2.39. The minimum Gasteiger partial charge on any atom is -0.335 e. The zero-order valence-electron chi connectivity index (χ0n) is 10.5. The Bertz CT molecular complexity index is 433. The summed E-state index contributed by atoms with van der Waals surface area (Å²) in [6.07, 6.45) is 7.86. The van der Waals surface area contributed by atoms with E-state index in [2.05, 4.69) is 9.97 Å². The standard InChI is InChI=1S/C13H17N3O2/c1-10(17)6-12-4-2-3-5-16(12)13(18)11-7-14-9-15-8-11/h7-9,12H,2-6H2,1H3. The maximum atomic E-state index is 12.3. The molecule has 0 N–H and O–H groups in total. The summed E-state index contributed by atoms with van der Waals surface area (Å²) in [4.78, 5) is 33.1. The lowest BCUT2D eigenvalue weighted by atomic mass is 9.97. The molecule has 0 radical (unpaired) electrons. The van der Waals surface area contributed by atoms with Crippen molar-refractivity contribution in [1.29, 1.82) is 0 Å². The van der Waals surface area contributed by atoms with Crippen LogP contribution in [0.3, 0.4) is 0 Å². The minimum absolute atomic E-state index is 0.0314. The smallest absolute Gasteiger partial charge is 0.257 e. The molecule has 0 saturated carbocycles. The molecule has 0 bridgehead atoms. The number of nitrogens with zero attached hydrogens (tertiary/aromatic N) is 3. The highest BCUT2D eigenvalue weighted by atomic mass is 16.2. The molecule has 1 unspecified atom stereocenters. The topological polar surface area (TPSA) is 63.2 Å². The molecule has 2 heterocycles. The normalized spacial score (nSPS) is 19.6. The highest BCUT2D eigenvalue weighted by Crippen LogP contribution is 2.21. The van der Waals surface area contributed by atoms with Crippen LogP contribution in [0.2, 0.25) is 0 Å². The molecule has 5 heteroatoms. The highest BCUT2D eigenvalue weighted by molar-refractivity contribution is 5.94. The van der Waals surface area contributed by atoms with Gasteiger partial charge in [-0.15, -0.1) is 0 Å². The molecule has 1 aromatic heterocycles. The summed E-state index contributed by atoms with van der Waals surface area (Å²) in [6.45, 7) is 2.29. The summed E-state index contributed by atoms with van der Waals surface area (Å²) in [5.41, 5.74) is 0.493. The van der Waals surface area contributed by atoms with Gasteiger partial charge >= 0.3 is 0 Å². The van der Waals surface area contributed by atoms with Gasteiger partial charge in [0.15, 0.2) is 0 Å². The third-order valence-electron chi connectivity index (χ3n) is 3.22. The molecule has 1 amide bonds. The van der Waals surface area contributed by atoms with Crippen molar-refractivity contribution >= 4 is 11.7 Å². The summed E-state index contributed by atoms with van der Waals surface area (Å²) in [6, 6.07) is 0.0314. The van der Waals surface area contributed by atoms with Crippen LogP contribution >= 0.6 is 0 Å². The highest BCUT2D eigenvalue weighted by Gasteiger charge is 2.28. The van der Waals surface area contributed by atoms with Gasteiger partial charge < -0.3 is 4.90 Å². The summed E-state index contributed by atoms with van der Waals surface area (Å²) in [5, 5.41) is 0. The van der Waals surface area contributed by atoms with Crippen molar-refractivity contribution in [2.45, 2.75) is 38.6 Å². The summed E-state index contributed by atoms with van der Waals surface area (Å²) < 4.78 is 0. The van der Waals surface area contributed by atoms with Gasteiger partial charge in [0.05, 0.1) is 5.56 Å². The number of aromatic nitrogens is 2. The van der Waals surface area contributed by atoms with Gasteiger partial charge in [-0.2, -0.15) is 0 Å². The van der Waals surface area contributed by atoms with Crippen LogP contribution in [0.5, 0.6) is 0 Å². The van der Waals surface area contributed by atoms with E-state index in [1.807, 2.05) is 0 Å². The van der Waals surface area contributed by atoms with E-state index in [1.165, 1.54) is 18.7 Å². The molecule has 1 fully saturated rings. The first-order valence-corrected chi connectivity index (χ1v) is 6.24. The van der Waals surface area contributed by atoms with Gasteiger partial charge in [0.25, 0.3) is 5.91 Å². The van der Waals surface area contributed by atoms with Crippen molar-refractivity contribution in [2.75, 3.05) is 6.54 Å². The molecule has 0 aliphatic carbocycles. The molecule has 1 aliphatic heterocycles. The van der Waals surface area contributed by atoms with Crippen LogP contribution in [0.25, 0.3) is 0 Å². The van der Waals surface area contributed by atoms with Crippen molar-refractivity contribution in [2.24, 2.45) is 0 Å². The quantitative estimate of drug-likeness (QED) is 0.811. The largest absolute Gasteiger partial charge is 0.335 e. The first-order valence-electron chi connectivity index (χ1n) is 6.24. The first kappa shape index (κ1) is 12.7. The lowest BCUT2D eigenvalue weighted by Crippen LogP contribution is -2.44. The van der Waals surface area contributed by atoms with Crippen molar-refractivity contribution < 1.29 is 9.59 Å². The summed E-state index contributed by atoms with van der Waals surface area (Å²) >= 11 is 0. The van der Waals surface area contributed by atoms with E-state index in [0.29, 0.717) is 18.5 Å². The lowest BCUT2D eigenvalue weighted by molar-refractivity contribution is -0.118. The third-order valence-corrected chi connectivity index (χ3v) is 3.22. The molecule has 0 spiro atoms. The van der Waals surface area contributed by atoms with Crippen LogP contribution in [-0.4, -0.2) is 39.1 Å². The maximum absolute atomic E-state index is 12.3. The van der Waals surface area contributed by atoms with Crippen LogP contribution < -0.4 is 0 Å². The lowest BCUT2D eigenvalue weighted by Gasteiger charge is -2.35. The Balaban J connectivity index is 2.13. The van der Waals surface area contributed by atoms with Crippen molar-refractivity contribution in [1.82, 2.24) is 14.9 Å². The van der Waals surface area contributed by atoms with Gasteiger partial charge in [0.1, 0.15) is 12.1 Å². The number of rotatable bonds is 3. The zero-order chi connectivity index (χ0) is 13.0. The molecule has 1 aliphatic rings. The van der Waals surface area contributed by atoms with Crippen LogP contribution in [0.15, 0.2) is 18.7 Å². The second-order valence-electron chi connectivity index (χ2n) is 4.68. The van der Waals surface area contributed by atoms with Crippen LogP contribution in [-0.2, 0) is 4.79 Å². The number of ketones is 1. The van der Waals surface area contributed by atoms with Gasteiger partial charge in [0, 0.05) is 31.4 Å². The number of amides is 1. The number of Topliss-reactive ketones (excluding diaryl/α,β-unsaturated/α-hetero) is 1. The van der Waals surface area contributed by atoms with E-state index in [1.54, 1.807) is 11.8 Å². The van der Waals surface area contributed by atoms with E-state index in [-0.39, 0.29) is 17.7 Å². The average molecular weight is 247 g/mol.